The summed E-state index contributed by atoms with van der Waals surface area (Å²) in [7, 11) is 0. The maximum atomic E-state index is 11.1. The van der Waals surface area contributed by atoms with Crippen molar-refractivity contribution in [1.82, 2.24) is 10.5 Å². The van der Waals surface area contributed by atoms with E-state index in [2.05, 4.69) is 31.2 Å². The largest absolute Gasteiger partial charge is 0.481 e. The zero-order valence-electron chi connectivity index (χ0n) is 13.9. The molecule has 126 valence electrons. The number of aromatic amines is 1. The molecule has 0 spiro atoms. The van der Waals surface area contributed by atoms with Crippen LogP contribution in [0, 0.1) is 5.41 Å². The summed E-state index contributed by atoms with van der Waals surface area (Å²) in [5, 5.41) is 13.4. The standard InChI is InChI=1S/C14H24N2O2.C2H4O2/c1-14(2,3)6-4-11-8-10(5-7-15-11)12-9-13(17)16-18-12;1-2(3)4/h9-11,15H,4-8H2,1-3H3,(H,16,17);1H3,(H,3,4)/t10-,11+;/m1./s1. The van der Waals surface area contributed by atoms with Crippen molar-refractivity contribution in [3.8, 4) is 0 Å². The van der Waals surface area contributed by atoms with E-state index in [0.29, 0.717) is 17.4 Å². The highest BCUT2D eigenvalue weighted by atomic mass is 16.5. The molecule has 0 radical (unpaired) electrons. The van der Waals surface area contributed by atoms with Crippen LogP contribution in [0.5, 0.6) is 0 Å². The molecule has 2 heterocycles. The molecule has 0 aliphatic carbocycles. The van der Waals surface area contributed by atoms with E-state index in [9.17, 15) is 4.79 Å². The molecule has 0 saturated carbocycles. The Morgan fingerprint density at radius 3 is 2.59 bits per heavy atom. The van der Waals surface area contributed by atoms with Crippen molar-refractivity contribution in [2.75, 3.05) is 6.54 Å². The van der Waals surface area contributed by atoms with Gasteiger partial charge in [-0.3, -0.25) is 9.59 Å². The summed E-state index contributed by atoms with van der Waals surface area (Å²) in [5.41, 5.74) is 0.254. The predicted octanol–water partition coefficient (Wildman–Crippen LogP) is 2.72. The van der Waals surface area contributed by atoms with Gasteiger partial charge in [0.15, 0.2) is 0 Å². The Kier molecular flexibility index (Phi) is 6.87. The second-order valence-electron chi connectivity index (χ2n) is 7.11. The Labute approximate surface area is 131 Å². The fourth-order valence-corrected chi connectivity index (χ4v) is 2.59. The van der Waals surface area contributed by atoms with Gasteiger partial charge >= 0.3 is 0 Å². The van der Waals surface area contributed by atoms with E-state index in [0.717, 1.165) is 32.1 Å². The van der Waals surface area contributed by atoms with Gasteiger partial charge in [-0.1, -0.05) is 20.8 Å². The van der Waals surface area contributed by atoms with Gasteiger partial charge in [0.05, 0.1) is 0 Å². The lowest BCUT2D eigenvalue weighted by Crippen LogP contribution is -2.37. The van der Waals surface area contributed by atoms with Crippen molar-refractivity contribution in [2.24, 2.45) is 5.41 Å². The molecule has 1 aliphatic rings. The molecule has 0 bridgehead atoms. The topological polar surface area (TPSA) is 95.3 Å². The number of carboxylic acid groups (broad SMARTS) is 1. The van der Waals surface area contributed by atoms with Crippen molar-refractivity contribution in [1.29, 1.82) is 0 Å². The fraction of sp³-hybridized carbons (Fsp3) is 0.750. The van der Waals surface area contributed by atoms with Gasteiger partial charge in [0.2, 0.25) is 0 Å². The summed E-state index contributed by atoms with van der Waals surface area (Å²) in [5.74, 6) is 0.373. The minimum absolute atomic E-state index is 0.130. The Morgan fingerprint density at radius 2 is 2.09 bits per heavy atom. The van der Waals surface area contributed by atoms with E-state index < -0.39 is 5.97 Å². The lowest BCUT2D eigenvalue weighted by molar-refractivity contribution is -0.134. The number of hydrogen-bond acceptors (Lipinski definition) is 4. The van der Waals surface area contributed by atoms with Crippen LogP contribution in [0.25, 0.3) is 0 Å². The van der Waals surface area contributed by atoms with E-state index in [4.69, 9.17) is 14.4 Å². The maximum Gasteiger partial charge on any atom is 0.300 e. The summed E-state index contributed by atoms with van der Waals surface area (Å²) < 4.78 is 5.23. The van der Waals surface area contributed by atoms with E-state index in [1.54, 1.807) is 6.07 Å². The van der Waals surface area contributed by atoms with Crippen LogP contribution >= 0.6 is 0 Å². The number of carboxylic acids is 1. The van der Waals surface area contributed by atoms with Crippen molar-refractivity contribution in [2.45, 2.75) is 65.3 Å². The fourth-order valence-electron chi connectivity index (χ4n) is 2.59. The summed E-state index contributed by atoms with van der Waals surface area (Å²) >= 11 is 0. The van der Waals surface area contributed by atoms with Gasteiger partial charge in [0.25, 0.3) is 11.5 Å². The molecule has 0 aromatic carbocycles. The van der Waals surface area contributed by atoms with E-state index in [-0.39, 0.29) is 5.56 Å². The third-order valence-electron chi connectivity index (χ3n) is 3.68. The number of rotatable bonds is 3. The highest BCUT2D eigenvalue weighted by Gasteiger charge is 2.26. The first-order valence-electron chi connectivity index (χ1n) is 7.78. The number of H-pyrrole nitrogens is 1. The molecule has 2 atom stereocenters. The molecule has 0 amide bonds. The Balaban J connectivity index is 0.000000541. The average molecular weight is 312 g/mol. The lowest BCUT2D eigenvalue weighted by atomic mass is 9.83. The number of nitrogens with one attached hydrogen (secondary N) is 2. The van der Waals surface area contributed by atoms with Crippen LogP contribution < -0.4 is 10.9 Å². The molecule has 2 rings (SSSR count). The number of aromatic nitrogens is 1. The molecular weight excluding hydrogens is 284 g/mol. The van der Waals surface area contributed by atoms with Crippen LogP contribution in [0.15, 0.2) is 15.4 Å². The van der Waals surface area contributed by atoms with E-state index in [1.165, 1.54) is 12.8 Å². The van der Waals surface area contributed by atoms with Gasteiger partial charge in [-0.25, -0.2) is 0 Å². The van der Waals surface area contributed by atoms with Crippen LogP contribution in [0.3, 0.4) is 0 Å². The van der Waals surface area contributed by atoms with Crippen LogP contribution in [-0.4, -0.2) is 28.8 Å². The van der Waals surface area contributed by atoms with Gasteiger partial charge in [0, 0.05) is 24.9 Å². The normalized spacial score (nSPS) is 21.8. The third-order valence-corrected chi connectivity index (χ3v) is 3.68. The molecular formula is C16H28N2O4. The molecule has 1 aromatic rings. The number of aliphatic carboxylic acids is 1. The number of piperidine rings is 1. The second kappa shape index (κ2) is 8.17. The Hall–Kier alpha value is -1.56. The molecule has 1 aromatic heterocycles. The van der Waals surface area contributed by atoms with Crippen molar-refractivity contribution < 1.29 is 14.4 Å². The molecule has 1 aliphatic heterocycles. The SMILES string of the molecule is CC(=O)O.CC(C)(C)CC[C@H]1C[C@H](c2cc(=O)[nH]o2)CCN1. The molecule has 0 unspecified atom stereocenters. The molecule has 1 saturated heterocycles. The highest BCUT2D eigenvalue weighted by molar-refractivity contribution is 5.62. The quantitative estimate of drug-likeness (QED) is 0.797. The monoisotopic (exact) mass is 312 g/mol. The average Bonchev–Trinajstić information content (AvgIpc) is 2.82. The Morgan fingerprint density at radius 1 is 1.45 bits per heavy atom. The van der Waals surface area contributed by atoms with E-state index >= 15 is 0 Å². The molecule has 6 nitrogen and oxygen atoms in total. The molecule has 1 fully saturated rings. The Bertz CT molecular complexity index is 509. The zero-order valence-corrected chi connectivity index (χ0v) is 13.9. The first-order valence-corrected chi connectivity index (χ1v) is 7.78. The summed E-state index contributed by atoms with van der Waals surface area (Å²) in [6, 6.07) is 2.14. The van der Waals surface area contributed by atoms with Crippen molar-refractivity contribution in [3.05, 3.63) is 22.2 Å². The number of carbonyl (C=O) groups is 1. The van der Waals surface area contributed by atoms with E-state index in [1.807, 2.05) is 0 Å². The van der Waals surface area contributed by atoms with Crippen LogP contribution in [0.1, 0.15) is 65.1 Å². The predicted molar refractivity (Wildman–Crippen MR) is 85.1 cm³/mol. The summed E-state index contributed by atoms with van der Waals surface area (Å²) in [4.78, 5) is 20.1. The minimum Gasteiger partial charge on any atom is -0.481 e. The third kappa shape index (κ3) is 7.45. The van der Waals surface area contributed by atoms with Gasteiger partial charge in [-0.05, 0) is 37.6 Å². The van der Waals surface area contributed by atoms with Crippen LogP contribution in [-0.2, 0) is 4.79 Å². The van der Waals surface area contributed by atoms with Crippen LogP contribution in [0.4, 0.5) is 0 Å². The first-order chi connectivity index (χ1) is 10.2. The van der Waals surface area contributed by atoms with Crippen molar-refractivity contribution in [3.63, 3.8) is 0 Å². The highest BCUT2D eigenvalue weighted by Crippen LogP contribution is 2.30. The summed E-state index contributed by atoms with van der Waals surface area (Å²) in [6.07, 6.45) is 4.52. The van der Waals surface area contributed by atoms with Gasteiger partial charge < -0.3 is 14.9 Å². The smallest absolute Gasteiger partial charge is 0.300 e. The second-order valence-corrected chi connectivity index (χ2v) is 7.11. The first kappa shape index (κ1) is 18.5. The maximum absolute atomic E-state index is 11.1. The molecule has 3 N–H and O–H groups in total. The van der Waals surface area contributed by atoms with Gasteiger partial charge in [0.1, 0.15) is 5.76 Å². The van der Waals surface area contributed by atoms with Crippen LogP contribution in [0.2, 0.25) is 0 Å². The lowest BCUT2D eigenvalue weighted by Gasteiger charge is -2.31. The summed E-state index contributed by atoms with van der Waals surface area (Å²) in [6.45, 7) is 8.92. The molecule has 6 heteroatoms. The van der Waals surface area contributed by atoms with Gasteiger partial charge in [-0.15, -0.1) is 0 Å². The van der Waals surface area contributed by atoms with Crippen molar-refractivity contribution >= 4 is 5.97 Å². The van der Waals surface area contributed by atoms with Gasteiger partial charge in [-0.2, -0.15) is 5.16 Å². The minimum atomic E-state index is -0.833. The zero-order chi connectivity index (χ0) is 16.8. The molecule has 22 heavy (non-hydrogen) atoms. The number of hydrogen-bond donors (Lipinski definition) is 3.